The van der Waals surface area contributed by atoms with Gasteiger partial charge in [-0.3, -0.25) is 4.79 Å². The fourth-order valence-electron chi connectivity index (χ4n) is 1.80. The van der Waals surface area contributed by atoms with E-state index >= 15 is 0 Å². The van der Waals surface area contributed by atoms with Crippen LogP contribution in [0.1, 0.15) is 51.0 Å². The van der Waals surface area contributed by atoms with Crippen molar-refractivity contribution in [3.05, 3.63) is 35.9 Å². The molecule has 0 fully saturated rings. The Bertz CT molecular complexity index is 290. The molecule has 0 saturated carbocycles. The first-order valence-electron chi connectivity index (χ1n) is 6.38. The standard InChI is InChI=1S/C15H22O/c1-2-3-4-8-11-15(16)13-12-14-9-6-5-7-10-14/h5-7,9-10H,2-4,8,11-13H2,1H3. The van der Waals surface area contributed by atoms with Crippen molar-refractivity contribution < 1.29 is 4.79 Å². The molecule has 0 heterocycles. The zero-order chi connectivity index (χ0) is 11.6. The quantitative estimate of drug-likeness (QED) is 0.599. The van der Waals surface area contributed by atoms with E-state index in [2.05, 4.69) is 19.1 Å². The zero-order valence-electron chi connectivity index (χ0n) is 10.2. The van der Waals surface area contributed by atoms with Crippen LogP contribution in [0.4, 0.5) is 0 Å². The van der Waals surface area contributed by atoms with Crippen molar-refractivity contribution in [2.75, 3.05) is 0 Å². The topological polar surface area (TPSA) is 17.1 Å². The van der Waals surface area contributed by atoms with Crippen LogP contribution in [-0.4, -0.2) is 5.78 Å². The molecule has 0 atom stereocenters. The minimum Gasteiger partial charge on any atom is -0.300 e. The van der Waals surface area contributed by atoms with E-state index in [0.29, 0.717) is 12.2 Å². The molecule has 0 saturated heterocycles. The van der Waals surface area contributed by atoms with Crippen molar-refractivity contribution in [1.29, 1.82) is 0 Å². The summed E-state index contributed by atoms with van der Waals surface area (Å²) < 4.78 is 0. The minimum absolute atomic E-state index is 0.417. The average molecular weight is 218 g/mol. The largest absolute Gasteiger partial charge is 0.300 e. The van der Waals surface area contributed by atoms with Gasteiger partial charge in [0.25, 0.3) is 0 Å². The van der Waals surface area contributed by atoms with Gasteiger partial charge in [0.05, 0.1) is 0 Å². The molecule has 1 rings (SSSR count). The molecule has 0 bridgehead atoms. The lowest BCUT2D eigenvalue weighted by atomic mass is 10.0. The van der Waals surface area contributed by atoms with E-state index < -0.39 is 0 Å². The Labute approximate surface area is 98.9 Å². The number of ketones is 1. The highest BCUT2D eigenvalue weighted by atomic mass is 16.1. The summed E-state index contributed by atoms with van der Waals surface area (Å²) in [6, 6.07) is 10.2. The van der Waals surface area contributed by atoms with Crippen molar-refractivity contribution >= 4 is 5.78 Å². The molecule has 0 amide bonds. The summed E-state index contributed by atoms with van der Waals surface area (Å²) in [5, 5.41) is 0. The van der Waals surface area contributed by atoms with Gasteiger partial charge in [-0.25, -0.2) is 0 Å². The fourth-order valence-corrected chi connectivity index (χ4v) is 1.80. The van der Waals surface area contributed by atoms with Crippen LogP contribution in [-0.2, 0) is 11.2 Å². The normalized spacial score (nSPS) is 10.3. The molecule has 0 aliphatic heterocycles. The Hall–Kier alpha value is -1.11. The highest BCUT2D eigenvalue weighted by molar-refractivity contribution is 5.78. The summed E-state index contributed by atoms with van der Waals surface area (Å²) in [6.45, 7) is 2.19. The van der Waals surface area contributed by atoms with Crippen molar-refractivity contribution in [2.24, 2.45) is 0 Å². The van der Waals surface area contributed by atoms with E-state index in [1.165, 1.54) is 24.8 Å². The minimum atomic E-state index is 0.417. The Balaban J connectivity index is 2.11. The van der Waals surface area contributed by atoms with Gasteiger partial charge >= 0.3 is 0 Å². The molecule has 1 aromatic carbocycles. The second-order valence-corrected chi connectivity index (χ2v) is 4.33. The number of aryl methyl sites for hydroxylation is 1. The molecule has 1 nitrogen and oxygen atoms in total. The van der Waals surface area contributed by atoms with E-state index in [9.17, 15) is 4.79 Å². The highest BCUT2D eigenvalue weighted by Crippen LogP contribution is 2.07. The monoisotopic (exact) mass is 218 g/mol. The van der Waals surface area contributed by atoms with Gasteiger partial charge < -0.3 is 0 Å². The maximum atomic E-state index is 11.6. The number of rotatable bonds is 8. The third kappa shape index (κ3) is 5.69. The lowest BCUT2D eigenvalue weighted by Gasteiger charge is -2.01. The van der Waals surface area contributed by atoms with Crippen LogP contribution in [0.15, 0.2) is 30.3 Å². The number of unbranched alkanes of at least 4 members (excludes halogenated alkanes) is 3. The van der Waals surface area contributed by atoms with E-state index in [1.54, 1.807) is 0 Å². The molecule has 0 unspecified atom stereocenters. The second kappa shape index (κ2) is 8.09. The molecular weight excluding hydrogens is 196 g/mol. The van der Waals surface area contributed by atoms with E-state index in [4.69, 9.17) is 0 Å². The number of carbonyl (C=O) groups is 1. The van der Waals surface area contributed by atoms with Gasteiger partial charge in [-0.2, -0.15) is 0 Å². The van der Waals surface area contributed by atoms with Gasteiger partial charge in [-0.15, -0.1) is 0 Å². The Morgan fingerprint density at radius 1 is 1.00 bits per heavy atom. The van der Waals surface area contributed by atoms with Crippen LogP contribution in [0.3, 0.4) is 0 Å². The first kappa shape index (κ1) is 13.0. The molecule has 1 aromatic rings. The maximum absolute atomic E-state index is 11.6. The third-order valence-electron chi connectivity index (χ3n) is 2.84. The summed E-state index contributed by atoms with van der Waals surface area (Å²) in [7, 11) is 0. The van der Waals surface area contributed by atoms with Gasteiger partial charge in [0.15, 0.2) is 0 Å². The fraction of sp³-hybridized carbons (Fsp3) is 0.533. The molecule has 0 spiro atoms. The first-order valence-corrected chi connectivity index (χ1v) is 6.38. The molecule has 0 N–H and O–H groups in total. The second-order valence-electron chi connectivity index (χ2n) is 4.33. The SMILES string of the molecule is CCCCCCC(=O)CCc1ccccc1. The van der Waals surface area contributed by atoms with Crippen molar-refractivity contribution in [3.63, 3.8) is 0 Å². The molecule has 1 heteroatoms. The number of Topliss-reactive ketones (excluding diaryl/α,β-unsaturated/α-hetero) is 1. The number of carbonyl (C=O) groups excluding carboxylic acids is 1. The summed E-state index contributed by atoms with van der Waals surface area (Å²) in [5.74, 6) is 0.417. The van der Waals surface area contributed by atoms with E-state index in [0.717, 1.165) is 19.3 Å². The van der Waals surface area contributed by atoms with Gasteiger partial charge in [-0.1, -0.05) is 56.5 Å². The highest BCUT2D eigenvalue weighted by Gasteiger charge is 2.02. The van der Waals surface area contributed by atoms with E-state index in [1.807, 2.05) is 18.2 Å². The molecule has 0 aromatic heterocycles. The molecule has 0 aliphatic carbocycles. The zero-order valence-corrected chi connectivity index (χ0v) is 10.2. The van der Waals surface area contributed by atoms with Crippen LogP contribution in [0.5, 0.6) is 0 Å². The van der Waals surface area contributed by atoms with Crippen LogP contribution in [0.25, 0.3) is 0 Å². The Morgan fingerprint density at radius 3 is 2.44 bits per heavy atom. The average Bonchev–Trinajstić information content (AvgIpc) is 2.33. The van der Waals surface area contributed by atoms with Crippen LogP contribution in [0, 0.1) is 0 Å². The van der Waals surface area contributed by atoms with Crippen molar-refractivity contribution in [1.82, 2.24) is 0 Å². The molecule has 0 aliphatic rings. The predicted molar refractivity (Wildman–Crippen MR) is 68.5 cm³/mol. The maximum Gasteiger partial charge on any atom is 0.133 e. The van der Waals surface area contributed by atoms with Crippen LogP contribution < -0.4 is 0 Å². The summed E-state index contributed by atoms with van der Waals surface area (Å²) in [6.07, 6.45) is 7.13. The van der Waals surface area contributed by atoms with Gasteiger partial charge in [0.2, 0.25) is 0 Å². The molecule has 16 heavy (non-hydrogen) atoms. The van der Waals surface area contributed by atoms with Crippen molar-refractivity contribution in [3.8, 4) is 0 Å². The van der Waals surface area contributed by atoms with Crippen LogP contribution >= 0.6 is 0 Å². The van der Waals surface area contributed by atoms with Gasteiger partial charge in [-0.05, 0) is 18.4 Å². The summed E-state index contributed by atoms with van der Waals surface area (Å²) in [5.41, 5.74) is 1.27. The molecule has 0 radical (unpaired) electrons. The Kier molecular flexibility index (Phi) is 6.55. The summed E-state index contributed by atoms with van der Waals surface area (Å²) in [4.78, 5) is 11.6. The van der Waals surface area contributed by atoms with E-state index in [-0.39, 0.29) is 0 Å². The number of hydrogen-bond donors (Lipinski definition) is 0. The Morgan fingerprint density at radius 2 is 1.75 bits per heavy atom. The lowest BCUT2D eigenvalue weighted by Crippen LogP contribution is -2.00. The van der Waals surface area contributed by atoms with Crippen molar-refractivity contribution in [2.45, 2.75) is 51.9 Å². The predicted octanol–water partition coefficient (Wildman–Crippen LogP) is 4.16. The third-order valence-corrected chi connectivity index (χ3v) is 2.84. The molecular formula is C15H22O. The van der Waals surface area contributed by atoms with Gasteiger partial charge in [0.1, 0.15) is 5.78 Å². The van der Waals surface area contributed by atoms with Crippen LogP contribution in [0.2, 0.25) is 0 Å². The molecule has 88 valence electrons. The first-order chi connectivity index (χ1) is 7.83. The summed E-state index contributed by atoms with van der Waals surface area (Å²) >= 11 is 0. The van der Waals surface area contributed by atoms with Gasteiger partial charge in [0, 0.05) is 12.8 Å². The smallest absolute Gasteiger partial charge is 0.133 e. The number of benzene rings is 1. The number of hydrogen-bond acceptors (Lipinski definition) is 1. The lowest BCUT2D eigenvalue weighted by molar-refractivity contribution is -0.119.